The molecule has 3 fully saturated rings. The minimum absolute atomic E-state index is 0.00299. The second kappa shape index (κ2) is 11.4. The zero-order valence-corrected chi connectivity index (χ0v) is 24.9. The van der Waals surface area contributed by atoms with Crippen molar-refractivity contribution in [2.45, 2.75) is 69.7 Å². The number of aliphatic hydroxyl groups is 1. The molecule has 1 aliphatic heterocycles. The van der Waals surface area contributed by atoms with Gasteiger partial charge in [0.15, 0.2) is 0 Å². The van der Waals surface area contributed by atoms with E-state index in [0.29, 0.717) is 16.9 Å². The Kier molecular flexibility index (Phi) is 7.44. The van der Waals surface area contributed by atoms with Gasteiger partial charge in [0, 0.05) is 31.7 Å². The van der Waals surface area contributed by atoms with Gasteiger partial charge in [-0.15, -0.1) is 11.3 Å². The largest absolute Gasteiger partial charge is 0.464 e. The number of fused-ring (bicyclic) bond motifs is 1. The van der Waals surface area contributed by atoms with E-state index in [4.69, 9.17) is 9.40 Å². The van der Waals surface area contributed by atoms with Gasteiger partial charge in [-0.05, 0) is 98.4 Å². The van der Waals surface area contributed by atoms with Gasteiger partial charge in [0.1, 0.15) is 5.76 Å². The predicted octanol–water partition coefficient (Wildman–Crippen LogP) is 5.74. The normalized spacial score (nSPS) is 25.2. The van der Waals surface area contributed by atoms with E-state index in [1.807, 2.05) is 29.2 Å². The molecule has 10 heteroatoms. The lowest BCUT2D eigenvalue weighted by molar-refractivity contribution is -0.125. The summed E-state index contributed by atoms with van der Waals surface area (Å²) in [6.45, 7) is 5.90. The van der Waals surface area contributed by atoms with Crippen LogP contribution in [0.3, 0.4) is 0 Å². The molecule has 2 amide bonds. The molecule has 3 N–H and O–H groups in total. The molecule has 9 nitrogen and oxygen atoms in total. The maximum atomic E-state index is 13.5. The summed E-state index contributed by atoms with van der Waals surface area (Å²) >= 11 is 1.39. The fraction of sp³-hybridized carbons (Fsp3) is 0.424. The van der Waals surface area contributed by atoms with E-state index in [1.165, 1.54) is 17.4 Å². The highest BCUT2D eigenvalue weighted by molar-refractivity contribution is 7.17. The van der Waals surface area contributed by atoms with E-state index in [2.05, 4.69) is 40.0 Å². The van der Waals surface area contributed by atoms with Crippen molar-refractivity contribution in [2.75, 3.05) is 18.4 Å². The van der Waals surface area contributed by atoms with Crippen LogP contribution in [-0.4, -0.2) is 56.6 Å². The van der Waals surface area contributed by atoms with Crippen LogP contribution in [0.25, 0.3) is 21.7 Å². The first-order valence-corrected chi connectivity index (χ1v) is 16.0. The van der Waals surface area contributed by atoms with Crippen LogP contribution in [0.15, 0.2) is 65.8 Å². The number of furan rings is 1. The first-order chi connectivity index (χ1) is 20.9. The standard InChI is InChI=1S/C33H37N5O4S/c1-2-30(40)37-14-13-33(20-37)17-23(18-33)38-26-10-5-21(19-34-22-6-8-24(39)9-7-22)16-25(26)35-32(38)36-31(41)29-12-11-28(43-29)27-4-3-15-42-27/h2-5,10-12,15-16,22-24,34,39H,1,6-9,13-14,17-20H2,(H,35,36,41). The lowest BCUT2D eigenvalue weighted by Crippen LogP contribution is -2.42. The van der Waals surface area contributed by atoms with Gasteiger partial charge in [-0.1, -0.05) is 12.6 Å². The fourth-order valence-corrected chi connectivity index (χ4v) is 8.01. The number of carbonyl (C=O) groups is 2. The Morgan fingerprint density at radius 1 is 1.16 bits per heavy atom. The highest BCUT2D eigenvalue weighted by Gasteiger charge is 2.50. The number of imidazole rings is 1. The molecule has 4 heterocycles. The fourth-order valence-electron chi connectivity index (χ4n) is 7.14. The van der Waals surface area contributed by atoms with Crippen molar-refractivity contribution in [2.24, 2.45) is 5.41 Å². The highest BCUT2D eigenvalue weighted by Crippen LogP contribution is 2.55. The SMILES string of the molecule is C=CC(=O)N1CCC2(CC(n3c(NC(=O)c4ccc(-c5ccco5)s4)nc4cc(CNC5CCC(O)CC5)ccc43)C2)C1. The molecule has 3 aliphatic rings. The molecule has 0 radical (unpaired) electrons. The first-order valence-electron chi connectivity index (χ1n) is 15.2. The summed E-state index contributed by atoms with van der Waals surface area (Å²) in [6.07, 6.45) is 9.37. The van der Waals surface area contributed by atoms with Crippen LogP contribution >= 0.6 is 11.3 Å². The van der Waals surface area contributed by atoms with Crippen LogP contribution in [0.5, 0.6) is 0 Å². The summed E-state index contributed by atoms with van der Waals surface area (Å²) in [6, 6.07) is 14.4. The highest BCUT2D eigenvalue weighted by atomic mass is 32.1. The molecule has 0 unspecified atom stereocenters. The molecule has 1 saturated heterocycles. The van der Waals surface area contributed by atoms with Gasteiger partial charge >= 0.3 is 0 Å². The van der Waals surface area contributed by atoms with Gasteiger partial charge in [0.05, 0.1) is 33.2 Å². The summed E-state index contributed by atoms with van der Waals surface area (Å²) in [5, 5.41) is 16.6. The van der Waals surface area contributed by atoms with E-state index >= 15 is 0 Å². The molecule has 0 atom stereocenters. The maximum Gasteiger partial charge on any atom is 0.268 e. The Labute approximate surface area is 254 Å². The molecule has 2 aliphatic carbocycles. The number of benzene rings is 1. The second-order valence-electron chi connectivity index (χ2n) is 12.4. The average molecular weight is 600 g/mol. The number of nitrogens with one attached hydrogen (secondary N) is 2. The summed E-state index contributed by atoms with van der Waals surface area (Å²) in [4.78, 5) is 34.0. The number of hydrogen-bond donors (Lipinski definition) is 3. The van der Waals surface area contributed by atoms with Crippen molar-refractivity contribution >= 4 is 40.1 Å². The number of likely N-dealkylation sites (tertiary alicyclic amines) is 1. The lowest BCUT2D eigenvalue weighted by atomic mass is 9.64. The van der Waals surface area contributed by atoms with E-state index in [-0.39, 0.29) is 29.4 Å². The maximum absolute atomic E-state index is 13.5. The molecular formula is C33H37N5O4S. The monoisotopic (exact) mass is 599 g/mol. The zero-order valence-electron chi connectivity index (χ0n) is 24.1. The zero-order chi connectivity index (χ0) is 29.6. The molecule has 7 rings (SSSR count). The molecule has 0 bridgehead atoms. The number of carbonyl (C=O) groups excluding carboxylic acids is 2. The van der Waals surface area contributed by atoms with E-state index in [1.54, 1.807) is 6.26 Å². The number of hydrogen-bond acceptors (Lipinski definition) is 7. The van der Waals surface area contributed by atoms with Crippen molar-refractivity contribution in [1.29, 1.82) is 0 Å². The number of aromatic nitrogens is 2. The number of anilines is 1. The molecule has 4 aromatic rings. The van der Waals surface area contributed by atoms with Crippen LogP contribution in [0, 0.1) is 5.41 Å². The summed E-state index contributed by atoms with van der Waals surface area (Å²) < 4.78 is 7.70. The van der Waals surface area contributed by atoms with Gasteiger partial charge in [-0.25, -0.2) is 4.98 Å². The van der Waals surface area contributed by atoms with Crippen molar-refractivity contribution < 1.29 is 19.1 Å². The lowest BCUT2D eigenvalue weighted by Gasteiger charge is -2.46. The van der Waals surface area contributed by atoms with Crippen molar-refractivity contribution in [3.05, 3.63) is 71.8 Å². The number of amides is 2. The minimum atomic E-state index is -0.196. The van der Waals surface area contributed by atoms with Crippen LogP contribution in [-0.2, 0) is 11.3 Å². The van der Waals surface area contributed by atoms with Gasteiger partial charge in [0.2, 0.25) is 11.9 Å². The van der Waals surface area contributed by atoms with Gasteiger partial charge < -0.3 is 24.3 Å². The van der Waals surface area contributed by atoms with Crippen LogP contribution in [0.4, 0.5) is 5.95 Å². The quantitative estimate of drug-likeness (QED) is 0.223. The average Bonchev–Trinajstić information content (AvgIpc) is 3.81. The van der Waals surface area contributed by atoms with Crippen molar-refractivity contribution in [3.8, 4) is 10.6 Å². The molecular weight excluding hydrogens is 562 g/mol. The third-order valence-corrected chi connectivity index (χ3v) is 10.6. The number of nitrogens with zero attached hydrogens (tertiary/aromatic N) is 3. The Morgan fingerprint density at radius 2 is 2.00 bits per heavy atom. The minimum Gasteiger partial charge on any atom is -0.464 e. The molecule has 2 saturated carbocycles. The topological polar surface area (TPSA) is 113 Å². The summed E-state index contributed by atoms with van der Waals surface area (Å²) in [7, 11) is 0. The number of rotatable bonds is 8. The van der Waals surface area contributed by atoms with Crippen molar-refractivity contribution in [3.63, 3.8) is 0 Å². The number of aliphatic hydroxyl groups excluding tert-OH is 1. The summed E-state index contributed by atoms with van der Waals surface area (Å²) in [5.74, 6) is 1.09. The third-order valence-electron chi connectivity index (χ3n) is 9.49. The van der Waals surface area contributed by atoms with E-state index in [0.717, 1.165) is 91.8 Å². The molecule has 43 heavy (non-hydrogen) atoms. The third kappa shape index (κ3) is 5.55. The van der Waals surface area contributed by atoms with Gasteiger partial charge in [-0.2, -0.15) is 0 Å². The molecule has 3 aromatic heterocycles. The predicted molar refractivity (Wildman–Crippen MR) is 167 cm³/mol. The van der Waals surface area contributed by atoms with Gasteiger partial charge in [0.25, 0.3) is 5.91 Å². The smallest absolute Gasteiger partial charge is 0.268 e. The van der Waals surface area contributed by atoms with Crippen LogP contribution < -0.4 is 10.6 Å². The molecule has 1 aromatic carbocycles. The van der Waals surface area contributed by atoms with Crippen LogP contribution in [0.2, 0.25) is 0 Å². The Balaban J connectivity index is 1.13. The Morgan fingerprint density at radius 3 is 2.77 bits per heavy atom. The summed E-state index contributed by atoms with van der Waals surface area (Å²) in [5.41, 5.74) is 3.10. The first kappa shape index (κ1) is 28.1. The second-order valence-corrected chi connectivity index (χ2v) is 13.5. The Hall–Kier alpha value is -3.73. The molecule has 224 valence electrons. The van der Waals surface area contributed by atoms with Crippen LogP contribution in [0.1, 0.15) is 66.2 Å². The van der Waals surface area contributed by atoms with Gasteiger partial charge in [-0.3, -0.25) is 14.9 Å². The van der Waals surface area contributed by atoms with Crippen molar-refractivity contribution in [1.82, 2.24) is 19.8 Å². The van der Waals surface area contributed by atoms with E-state index in [9.17, 15) is 14.7 Å². The Bertz CT molecular complexity index is 1640. The van der Waals surface area contributed by atoms with E-state index < -0.39 is 0 Å². The molecule has 1 spiro atoms. The number of thiophene rings is 1.